The van der Waals surface area contributed by atoms with E-state index in [0.29, 0.717) is 6.42 Å². The number of amides is 2. The van der Waals surface area contributed by atoms with Gasteiger partial charge in [-0.05, 0) is 31.7 Å². The second-order valence-corrected chi connectivity index (χ2v) is 9.33. The zero-order valence-electron chi connectivity index (χ0n) is 17.8. The number of hydrogen-bond donors (Lipinski definition) is 5. The van der Waals surface area contributed by atoms with Crippen LogP contribution in [-0.2, 0) is 26.2 Å². The Hall–Kier alpha value is -2.14. The van der Waals surface area contributed by atoms with Gasteiger partial charge in [-0.25, -0.2) is 0 Å². The third kappa shape index (κ3) is 13.2. The molecule has 16 heteroatoms. The number of anilines is 1. The van der Waals surface area contributed by atoms with Gasteiger partial charge in [0.25, 0.3) is 0 Å². The highest BCUT2D eigenvalue weighted by Gasteiger charge is 2.35. The molecule has 11 nitrogen and oxygen atoms in total. The van der Waals surface area contributed by atoms with Gasteiger partial charge in [0.05, 0.1) is 6.04 Å². The van der Waals surface area contributed by atoms with Gasteiger partial charge in [0, 0.05) is 12.1 Å². The Labute approximate surface area is 192 Å². The molecule has 0 unspecified atom stereocenters. The molecule has 1 aliphatic heterocycles. The van der Waals surface area contributed by atoms with Crippen LogP contribution in [0.2, 0.25) is 0 Å². The number of aromatic nitrogens is 2. The number of carbonyl (C=O) groups excluding carboxylic acids is 2. The predicted molar refractivity (Wildman–Crippen MR) is 114 cm³/mol. The Morgan fingerprint density at radius 1 is 1.27 bits per heavy atom. The lowest BCUT2D eigenvalue weighted by Gasteiger charge is -2.25. The zero-order chi connectivity index (χ0) is 25.2. The van der Waals surface area contributed by atoms with Gasteiger partial charge in [0.2, 0.25) is 22.0 Å². The summed E-state index contributed by atoms with van der Waals surface area (Å²) in [5, 5.41) is 13.3. The SMILES string of the molecule is CC(C)C[C@@H](/C=C/C(=O)Nc1nnc(C(F)(F)F)s1)NC(=O)[C@@H]1CCCCN1.O=S(=O)(O)O. The van der Waals surface area contributed by atoms with E-state index >= 15 is 0 Å². The highest BCUT2D eigenvalue weighted by Crippen LogP contribution is 2.32. The van der Waals surface area contributed by atoms with Crippen molar-refractivity contribution in [3.63, 3.8) is 0 Å². The summed E-state index contributed by atoms with van der Waals surface area (Å²) in [6.07, 6.45) is 1.55. The Kier molecular flexibility index (Phi) is 11.3. The first kappa shape index (κ1) is 28.9. The average Bonchev–Trinajstić information content (AvgIpc) is 3.14. The summed E-state index contributed by atoms with van der Waals surface area (Å²) in [5.41, 5.74) is 0. The molecule has 1 aromatic rings. The quantitative estimate of drug-likeness (QED) is 0.268. The molecular weight excluding hydrogens is 491 g/mol. The van der Waals surface area contributed by atoms with Crippen molar-refractivity contribution in [2.45, 2.75) is 57.8 Å². The molecule has 2 rings (SSSR count). The Morgan fingerprint density at radius 2 is 1.91 bits per heavy atom. The van der Waals surface area contributed by atoms with E-state index in [0.717, 1.165) is 25.8 Å². The van der Waals surface area contributed by atoms with Crippen LogP contribution in [-0.4, -0.2) is 58.2 Å². The van der Waals surface area contributed by atoms with Crippen LogP contribution in [0.1, 0.15) is 44.5 Å². The van der Waals surface area contributed by atoms with E-state index in [1.165, 1.54) is 6.08 Å². The van der Waals surface area contributed by atoms with Gasteiger partial charge in [0.15, 0.2) is 0 Å². The molecule has 2 amide bonds. The van der Waals surface area contributed by atoms with Crippen molar-refractivity contribution in [2.24, 2.45) is 5.92 Å². The van der Waals surface area contributed by atoms with Crippen LogP contribution < -0.4 is 16.0 Å². The van der Waals surface area contributed by atoms with Crippen molar-refractivity contribution in [3.8, 4) is 0 Å². The molecule has 0 radical (unpaired) electrons. The first-order valence-corrected chi connectivity index (χ1v) is 12.0. The van der Waals surface area contributed by atoms with Crippen LogP contribution in [0.4, 0.5) is 18.3 Å². The summed E-state index contributed by atoms with van der Waals surface area (Å²) in [4.78, 5) is 24.4. The third-order valence-corrected chi connectivity index (χ3v) is 4.94. The predicted octanol–water partition coefficient (Wildman–Crippen LogP) is 2.07. The Morgan fingerprint density at radius 3 is 2.39 bits per heavy atom. The molecule has 1 fully saturated rings. The zero-order valence-corrected chi connectivity index (χ0v) is 19.4. The topological polar surface area (TPSA) is 171 Å². The van der Waals surface area contributed by atoms with Gasteiger partial charge >= 0.3 is 16.6 Å². The average molecular weight is 518 g/mol. The number of hydrogen-bond acceptors (Lipinski definition) is 8. The van der Waals surface area contributed by atoms with Gasteiger partial charge in [-0.3, -0.25) is 24.0 Å². The van der Waals surface area contributed by atoms with Crippen LogP contribution in [0.5, 0.6) is 0 Å². The maximum absolute atomic E-state index is 12.5. The molecule has 1 aliphatic rings. The van der Waals surface area contributed by atoms with Crippen LogP contribution >= 0.6 is 11.3 Å². The molecule has 0 saturated carbocycles. The smallest absolute Gasteiger partial charge is 0.349 e. The van der Waals surface area contributed by atoms with Gasteiger partial charge in [-0.2, -0.15) is 21.6 Å². The lowest BCUT2D eigenvalue weighted by molar-refractivity contribution is -0.138. The number of alkyl halides is 3. The Balaban J connectivity index is 0.000000981. The van der Waals surface area contributed by atoms with Gasteiger partial charge < -0.3 is 10.6 Å². The highest BCUT2D eigenvalue weighted by atomic mass is 32.3. The van der Waals surface area contributed by atoms with E-state index in [4.69, 9.17) is 17.5 Å². The molecular formula is C17H26F3N5O6S2. The van der Waals surface area contributed by atoms with Crippen molar-refractivity contribution in [3.05, 3.63) is 17.2 Å². The van der Waals surface area contributed by atoms with Crippen LogP contribution in [0.3, 0.4) is 0 Å². The molecule has 2 atom stereocenters. The second kappa shape index (κ2) is 12.9. The van der Waals surface area contributed by atoms with Gasteiger partial charge in [-0.15, -0.1) is 10.2 Å². The Bertz CT molecular complexity index is 906. The van der Waals surface area contributed by atoms with E-state index in [-0.39, 0.29) is 40.4 Å². The molecule has 188 valence electrons. The molecule has 1 aromatic heterocycles. The molecule has 0 spiro atoms. The van der Waals surface area contributed by atoms with Crippen molar-refractivity contribution in [2.75, 3.05) is 11.9 Å². The molecule has 0 bridgehead atoms. The number of carbonyl (C=O) groups is 2. The fraction of sp³-hybridized carbons (Fsp3) is 0.647. The lowest BCUT2D eigenvalue weighted by atomic mass is 10.0. The second-order valence-electron chi connectivity index (χ2n) is 7.45. The number of nitrogens with one attached hydrogen (secondary N) is 3. The third-order valence-electron chi connectivity index (χ3n) is 4.06. The van der Waals surface area contributed by atoms with E-state index in [1.54, 1.807) is 6.08 Å². The van der Waals surface area contributed by atoms with Crippen LogP contribution in [0.25, 0.3) is 0 Å². The van der Waals surface area contributed by atoms with Crippen molar-refractivity contribution in [1.29, 1.82) is 0 Å². The van der Waals surface area contributed by atoms with Crippen molar-refractivity contribution in [1.82, 2.24) is 20.8 Å². The van der Waals surface area contributed by atoms with Crippen molar-refractivity contribution >= 4 is 38.7 Å². The first-order chi connectivity index (χ1) is 15.1. The largest absolute Gasteiger partial charge is 0.445 e. The van der Waals surface area contributed by atoms with Gasteiger partial charge in [0.1, 0.15) is 0 Å². The first-order valence-electron chi connectivity index (χ1n) is 9.78. The normalized spacial score (nSPS) is 17.9. The number of halogens is 3. The number of nitrogens with zero attached hydrogens (tertiary/aromatic N) is 2. The highest BCUT2D eigenvalue weighted by molar-refractivity contribution is 7.79. The number of piperidine rings is 1. The lowest BCUT2D eigenvalue weighted by Crippen LogP contribution is -2.49. The van der Waals surface area contributed by atoms with E-state index < -0.39 is 27.5 Å². The van der Waals surface area contributed by atoms with Crippen molar-refractivity contribution < 1.29 is 40.3 Å². The summed E-state index contributed by atoms with van der Waals surface area (Å²) >= 11 is 0.251. The summed E-state index contributed by atoms with van der Waals surface area (Å²) in [6.45, 7) is 4.78. The fourth-order valence-electron chi connectivity index (χ4n) is 2.79. The molecule has 0 aliphatic carbocycles. The standard InChI is InChI=1S/C17H24F3N5O2S.H2O4S/c1-10(2)9-11(22-14(27)12-5-3-4-8-21-12)6-7-13(26)23-16-25-24-15(28-16)17(18,19)20;1-5(2,3)4/h6-7,10-12,21H,3-5,8-9H2,1-2H3,(H,22,27)(H,23,25,26);(H2,1,2,3,4)/b7-6+;/t11-,12+;/m1./s1. The minimum Gasteiger partial charge on any atom is -0.349 e. The molecule has 5 N–H and O–H groups in total. The summed E-state index contributed by atoms with van der Waals surface area (Å²) < 4.78 is 69.2. The summed E-state index contributed by atoms with van der Waals surface area (Å²) in [6, 6.07) is -0.602. The fourth-order valence-corrected chi connectivity index (χ4v) is 3.41. The van der Waals surface area contributed by atoms with E-state index in [2.05, 4.69) is 26.1 Å². The van der Waals surface area contributed by atoms with Crippen LogP contribution in [0, 0.1) is 5.92 Å². The number of rotatable bonds is 7. The molecule has 2 heterocycles. The summed E-state index contributed by atoms with van der Waals surface area (Å²) in [5.74, 6) is -0.479. The minimum absolute atomic E-state index is 0.116. The van der Waals surface area contributed by atoms with E-state index in [1.807, 2.05) is 13.8 Å². The summed E-state index contributed by atoms with van der Waals surface area (Å²) in [7, 11) is -4.67. The van der Waals surface area contributed by atoms with E-state index in [9.17, 15) is 22.8 Å². The van der Waals surface area contributed by atoms with Gasteiger partial charge in [-0.1, -0.05) is 37.7 Å². The monoisotopic (exact) mass is 517 g/mol. The molecule has 33 heavy (non-hydrogen) atoms. The van der Waals surface area contributed by atoms with Crippen LogP contribution in [0.15, 0.2) is 12.2 Å². The maximum atomic E-state index is 12.5. The molecule has 1 saturated heterocycles. The molecule has 0 aromatic carbocycles. The minimum atomic E-state index is -4.67. The maximum Gasteiger partial charge on any atom is 0.445 e.